The summed E-state index contributed by atoms with van der Waals surface area (Å²) in [7, 11) is 5.52. The maximum atomic E-state index is 12.6. The van der Waals surface area contributed by atoms with Crippen LogP contribution in [0.25, 0.3) is 16.4 Å². The minimum absolute atomic E-state index is 0.296. The molecule has 3 rings (SSSR count). The third kappa shape index (κ3) is 2.87. The highest BCUT2D eigenvalue weighted by Crippen LogP contribution is 2.29. The third-order valence-corrected chi connectivity index (χ3v) is 3.82. The molecule has 23 heavy (non-hydrogen) atoms. The highest BCUT2D eigenvalue weighted by molar-refractivity contribution is 6.11. The molecule has 0 spiro atoms. The first-order valence-electron chi connectivity index (χ1n) is 7.50. The summed E-state index contributed by atoms with van der Waals surface area (Å²) in [5.74, 6) is 0.446. The quantitative estimate of drug-likeness (QED) is 0.680. The SMILES string of the molecule is COc1ccc2c(C(=O)OCCN(C)C)c3ccccc3n2c1. The fourth-order valence-corrected chi connectivity index (χ4v) is 2.65. The zero-order valence-electron chi connectivity index (χ0n) is 13.6. The van der Waals surface area contributed by atoms with Gasteiger partial charge in [-0.25, -0.2) is 4.79 Å². The fourth-order valence-electron chi connectivity index (χ4n) is 2.65. The Labute approximate surface area is 135 Å². The third-order valence-electron chi connectivity index (χ3n) is 3.82. The van der Waals surface area contributed by atoms with Gasteiger partial charge in [-0.05, 0) is 32.3 Å². The topological polar surface area (TPSA) is 43.2 Å². The number of carbonyl (C=O) groups excluding carboxylic acids is 1. The molecule has 0 N–H and O–H groups in total. The van der Waals surface area contributed by atoms with Gasteiger partial charge in [0, 0.05) is 11.9 Å². The van der Waals surface area contributed by atoms with Crippen molar-refractivity contribution in [2.45, 2.75) is 0 Å². The molecule has 0 aliphatic rings. The summed E-state index contributed by atoms with van der Waals surface area (Å²) >= 11 is 0. The number of nitrogens with zero attached hydrogens (tertiary/aromatic N) is 2. The van der Waals surface area contributed by atoms with Gasteiger partial charge in [-0.2, -0.15) is 0 Å². The van der Waals surface area contributed by atoms with E-state index in [4.69, 9.17) is 9.47 Å². The van der Waals surface area contributed by atoms with Crippen LogP contribution >= 0.6 is 0 Å². The highest BCUT2D eigenvalue weighted by atomic mass is 16.5. The van der Waals surface area contributed by atoms with Gasteiger partial charge >= 0.3 is 5.97 Å². The molecule has 3 aromatic rings. The average Bonchev–Trinajstić information content (AvgIpc) is 2.88. The molecule has 0 amide bonds. The second kappa shape index (κ2) is 6.30. The number of fused-ring (bicyclic) bond motifs is 3. The number of methoxy groups -OCH3 is 1. The molecule has 1 aromatic carbocycles. The summed E-state index contributed by atoms with van der Waals surface area (Å²) in [5, 5.41) is 0.885. The van der Waals surface area contributed by atoms with E-state index in [9.17, 15) is 4.79 Å². The van der Waals surface area contributed by atoms with Gasteiger partial charge in [-0.3, -0.25) is 0 Å². The Morgan fingerprint density at radius 2 is 1.91 bits per heavy atom. The van der Waals surface area contributed by atoms with Crippen LogP contribution in [-0.2, 0) is 4.74 Å². The molecule has 0 aliphatic heterocycles. The summed E-state index contributed by atoms with van der Waals surface area (Å²) in [5.41, 5.74) is 2.38. The lowest BCUT2D eigenvalue weighted by Gasteiger charge is -2.10. The van der Waals surface area contributed by atoms with Crippen LogP contribution in [0.5, 0.6) is 5.75 Å². The van der Waals surface area contributed by atoms with Crippen molar-refractivity contribution < 1.29 is 14.3 Å². The first-order chi connectivity index (χ1) is 11.1. The molecule has 0 atom stereocenters. The number of likely N-dealkylation sites (N-methyl/N-ethyl adjacent to an activating group) is 1. The van der Waals surface area contributed by atoms with Crippen molar-refractivity contribution in [1.82, 2.24) is 9.30 Å². The van der Waals surface area contributed by atoms with Crippen LogP contribution < -0.4 is 4.74 Å². The van der Waals surface area contributed by atoms with Crippen LogP contribution in [0.1, 0.15) is 10.4 Å². The molecule has 5 nitrogen and oxygen atoms in total. The number of carbonyl (C=O) groups is 1. The summed E-state index contributed by atoms with van der Waals surface area (Å²) < 4.78 is 12.7. The van der Waals surface area contributed by atoms with Crippen molar-refractivity contribution >= 4 is 22.4 Å². The van der Waals surface area contributed by atoms with Gasteiger partial charge in [0.15, 0.2) is 0 Å². The lowest BCUT2D eigenvalue weighted by atomic mass is 10.1. The van der Waals surface area contributed by atoms with E-state index in [0.717, 1.165) is 22.2 Å². The minimum atomic E-state index is -0.296. The normalized spacial score (nSPS) is 11.3. The zero-order valence-corrected chi connectivity index (χ0v) is 13.6. The lowest BCUT2D eigenvalue weighted by Crippen LogP contribution is -2.20. The van der Waals surface area contributed by atoms with E-state index < -0.39 is 0 Å². The second-order valence-electron chi connectivity index (χ2n) is 5.66. The van der Waals surface area contributed by atoms with Gasteiger partial charge in [0.25, 0.3) is 0 Å². The average molecular weight is 312 g/mol. The molecule has 120 valence electrons. The summed E-state index contributed by atoms with van der Waals surface area (Å²) in [4.78, 5) is 14.6. The van der Waals surface area contributed by atoms with Crippen LogP contribution in [0, 0.1) is 0 Å². The van der Waals surface area contributed by atoms with Crippen LogP contribution in [-0.4, -0.2) is 49.6 Å². The molecule has 5 heteroatoms. The van der Waals surface area contributed by atoms with E-state index in [-0.39, 0.29) is 5.97 Å². The van der Waals surface area contributed by atoms with Gasteiger partial charge in [0.05, 0.1) is 29.9 Å². The number of esters is 1. The van der Waals surface area contributed by atoms with E-state index in [0.29, 0.717) is 18.7 Å². The summed E-state index contributed by atoms with van der Waals surface area (Å²) in [6.45, 7) is 1.07. The largest absolute Gasteiger partial charge is 0.495 e. The van der Waals surface area contributed by atoms with Gasteiger partial charge in [0.1, 0.15) is 12.4 Å². The Hall–Kier alpha value is -2.53. The van der Waals surface area contributed by atoms with Crippen molar-refractivity contribution in [3.63, 3.8) is 0 Å². The number of para-hydroxylation sites is 1. The summed E-state index contributed by atoms with van der Waals surface area (Å²) in [6, 6.07) is 11.5. The molecule has 0 saturated heterocycles. The smallest absolute Gasteiger partial charge is 0.341 e. The molecule has 0 aliphatic carbocycles. The molecular formula is C18H20N2O3. The molecular weight excluding hydrogens is 292 g/mol. The van der Waals surface area contributed by atoms with E-state index in [2.05, 4.69) is 0 Å². The van der Waals surface area contributed by atoms with E-state index in [1.165, 1.54) is 0 Å². The molecule has 0 radical (unpaired) electrons. The second-order valence-corrected chi connectivity index (χ2v) is 5.66. The number of hydrogen-bond donors (Lipinski definition) is 0. The number of ether oxygens (including phenoxy) is 2. The Morgan fingerprint density at radius 1 is 1.13 bits per heavy atom. The van der Waals surface area contributed by atoms with Crippen molar-refractivity contribution in [3.8, 4) is 5.75 Å². The van der Waals surface area contributed by atoms with Crippen molar-refractivity contribution in [3.05, 3.63) is 48.2 Å². The van der Waals surface area contributed by atoms with E-state index in [1.807, 2.05) is 66.0 Å². The maximum Gasteiger partial charge on any atom is 0.341 e. The van der Waals surface area contributed by atoms with E-state index >= 15 is 0 Å². The fraction of sp³-hybridized carbons (Fsp3) is 0.278. The van der Waals surface area contributed by atoms with Gasteiger partial charge < -0.3 is 18.8 Å². The monoisotopic (exact) mass is 312 g/mol. The van der Waals surface area contributed by atoms with Crippen LogP contribution in [0.4, 0.5) is 0 Å². The predicted molar refractivity (Wildman–Crippen MR) is 90.3 cm³/mol. The molecule has 2 heterocycles. The van der Waals surface area contributed by atoms with Crippen molar-refractivity contribution in [2.24, 2.45) is 0 Å². The van der Waals surface area contributed by atoms with Crippen molar-refractivity contribution in [2.75, 3.05) is 34.4 Å². The van der Waals surface area contributed by atoms with Crippen LogP contribution in [0.15, 0.2) is 42.6 Å². The Bertz CT molecular complexity index is 852. The maximum absolute atomic E-state index is 12.6. The van der Waals surface area contributed by atoms with Gasteiger partial charge in [-0.15, -0.1) is 0 Å². The molecule has 0 unspecified atom stereocenters. The molecule has 0 saturated carbocycles. The molecule has 2 aromatic heterocycles. The predicted octanol–water partition coefficient (Wildman–Crippen LogP) is 2.82. The zero-order chi connectivity index (χ0) is 16.4. The Balaban J connectivity index is 2.08. The summed E-state index contributed by atoms with van der Waals surface area (Å²) in [6.07, 6.45) is 1.88. The number of pyridine rings is 1. The Morgan fingerprint density at radius 3 is 2.65 bits per heavy atom. The first kappa shape index (κ1) is 15.4. The van der Waals surface area contributed by atoms with Crippen molar-refractivity contribution in [1.29, 1.82) is 0 Å². The van der Waals surface area contributed by atoms with Crippen LogP contribution in [0.2, 0.25) is 0 Å². The standard InChI is InChI=1S/C18H20N2O3/c1-19(2)10-11-23-18(21)17-14-6-4-5-7-15(14)20-12-13(22-3)8-9-16(17)20/h4-9,12H,10-11H2,1-3H3. The first-order valence-corrected chi connectivity index (χ1v) is 7.50. The van der Waals surface area contributed by atoms with E-state index in [1.54, 1.807) is 7.11 Å². The highest BCUT2D eigenvalue weighted by Gasteiger charge is 2.19. The Kier molecular flexibility index (Phi) is 4.21. The molecule has 0 fully saturated rings. The van der Waals surface area contributed by atoms with Gasteiger partial charge in [-0.1, -0.05) is 18.2 Å². The lowest BCUT2D eigenvalue weighted by molar-refractivity contribution is 0.0486. The number of benzene rings is 1. The number of hydrogen-bond acceptors (Lipinski definition) is 4. The number of rotatable bonds is 5. The number of aromatic nitrogens is 1. The molecule has 0 bridgehead atoms. The van der Waals surface area contributed by atoms with Gasteiger partial charge in [0.2, 0.25) is 0 Å². The minimum Gasteiger partial charge on any atom is -0.495 e. The van der Waals surface area contributed by atoms with Crippen LogP contribution in [0.3, 0.4) is 0 Å².